The molecule has 0 saturated heterocycles. The number of fused-ring (bicyclic) bond motifs is 1. The second-order valence-electron chi connectivity index (χ2n) is 6.22. The highest BCUT2D eigenvalue weighted by atomic mass is 79.9. The van der Waals surface area contributed by atoms with E-state index < -0.39 is 5.97 Å². The van der Waals surface area contributed by atoms with Gasteiger partial charge in [0.25, 0.3) is 0 Å². The predicted molar refractivity (Wildman–Crippen MR) is 103 cm³/mol. The fourth-order valence-corrected chi connectivity index (χ4v) is 3.56. The Bertz CT molecular complexity index is 970. The molecule has 7 heteroatoms. The molecule has 0 saturated carbocycles. The van der Waals surface area contributed by atoms with Crippen LogP contribution in [0.25, 0.3) is 4.48 Å². The molecule has 0 bridgehead atoms. The number of carbonyl (C=O) groups is 2. The van der Waals surface area contributed by atoms with Crippen molar-refractivity contribution in [2.24, 2.45) is 0 Å². The number of halogens is 2. The van der Waals surface area contributed by atoms with Gasteiger partial charge >= 0.3 is 5.97 Å². The van der Waals surface area contributed by atoms with Gasteiger partial charge in [-0.05, 0) is 58.2 Å². The van der Waals surface area contributed by atoms with Crippen LogP contribution >= 0.6 is 15.9 Å². The Kier molecular flexibility index (Phi) is 5.32. The van der Waals surface area contributed by atoms with E-state index in [1.54, 1.807) is 37.3 Å². The number of benzene rings is 2. The van der Waals surface area contributed by atoms with Gasteiger partial charge in [0.15, 0.2) is 0 Å². The normalized spacial score (nSPS) is 14.1. The molecule has 140 valence electrons. The lowest BCUT2D eigenvalue weighted by Crippen LogP contribution is -2.30. The van der Waals surface area contributed by atoms with E-state index in [1.165, 1.54) is 18.1 Å². The molecule has 3 rings (SSSR count). The van der Waals surface area contributed by atoms with Crippen molar-refractivity contribution in [2.45, 2.75) is 19.9 Å². The average Bonchev–Trinajstić information content (AvgIpc) is 2.74. The minimum absolute atomic E-state index is 0.0351. The first kappa shape index (κ1) is 19.1. The Hall–Kier alpha value is -2.67. The number of carboxylic acids is 1. The average molecular weight is 434 g/mol. The van der Waals surface area contributed by atoms with Crippen molar-refractivity contribution < 1.29 is 23.8 Å². The molecule has 0 fully saturated rings. The third kappa shape index (κ3) is 3.73. The molecule has 1 amide bonds. The summed E-state index contributed by atoms with van der Waals surface area (Å²) in [5.74, 6) is -1.37. The highest BCUT2D eigenvalue weighted by molar-refractivity contribution is 9.15. The zero-order chi connectivity index (χ0) is 19.7. The number of hydrogen-bond acceptors (Lipinski definition) is 3. The number of amides is 1. The van der Waals surface area contributed by atoms with Gasteiger partial charge in [0.05, 0.1) is 31.3 Å². The van der Waals surface area contributed by atoms with Gasteiger partial charge < -0.3 is 14.7 Å². The molecule has 2 aromatic carbocycles. The predicted octanol–water partition coefficient (Wildman–Crippen LogP) is 4.27. The van der Waals surface area contributed by atoms with E-state index in [2.05, 4.69) is 15.9 Å². The van der Waals surface area contributed by atoms with Crippen molar-refractivity contribution in [3.8, 4) is 5.75 Å². The van der Waals surface area contributed by atoms with Crippen molar-refractivity contribution in [1.29, 1.82) is 0 Å². The number of aliphatic carboxylic acids is 1. The summed E-state index contributed by atoms with van der Waals surface area (Å²) in [6.07, 6.45) is -0.277. The summed E-state index contributed by atoms with van der Waals surface area (Å²) < 4.78 is 19.5. The summed E-state index contributed by atoms with van der Waals surface area (Å²) >= 11 is 3.33. The van der Waals surface area contributed by atoms with Crippen LogP contribution in [0.2, 0.25) is 0 Å². The van der Waals surface area contributed by atoms with Crippen LogP contribution in [0.3, 0.4) is 0 Å². The largest absolute Gasteiger partial charge is 0.497 e. The standard InChI is InChI=1S/C20H17BrFNO4/c1-11-3-4-12(7-16(11)22)10-23-17-6-5-13(27-2)8-14(17)19(21)15(20(25)26)9-18(23)24/h3-8H,9-10H2,1-2H3,(H,25,26). The summed E-state index contributed by atoms with van der Waals surface area (Å²) in [7, 11) is 1.51. The van der Waals surface area contributed by atoms with Crippen molar-refractivity contribution >= 4 is 38.0 Å². The number of carbonyl (C=O) groups excluding carboxylic acids is 1. The zero-order valence-corrected chi connectivity index (χ0v) is 16.3. The summed E-state index contributed by atoms with van der Waals surface area (Å²) in [6.45, 7) is 1.79. The Labute approximate surface area is 164 Å². The second-order valence-corrected chi connectivity index (χ2v) is 7.01. The van der Waals surface area contributed by atoms with Crippen molar-refractivity contribution in [3.63, 3.8) is 0 Å². The molecule has 2 aromatic rings. The third-order valence-corrected chi connectivity index (χ3v) is 5.37. The second kappa shape index (κ2) is 7.52. The van der Waals surface area contributed by atoms with Crippen LogP contribution in [-0.2, 0) is 16.1 Å². The highest BCUT2D eigenvalue weighted by Crippen LogP contribution is 2.40. The molecule has 0 spiro atoms. The van der Waals surface area contributed by atoms with Crippen LogP contribution in [-0.4, -0.2) is 24.1 Å². The molecule has 0 aliphatic carbocycles. The van der Waals surface area contributed by atoms with Crippen LogP contribution in [0.1, 0.15) is 23.1 Å². The van der Waals surface area contributed by atoms with E-state index >= 15 is 0 Å². The first-order valence-corrected chi connectivity index (χ1v) is 8.97. The number of aryl methyl sites for hydroxylation is 1. The van der Waals surface area contributed by atoms with E-state index in [9.17, 15) is 19.1 Å². The number of ether oxygens (including phenoxy) is 1. The van der Waals surface area contributed by atoms with Gasteiger partial charge in [-0.3, -0.25) is 4.79 Å². The number of rotatable bonds is 4. The van der Waals surface area contributed by atoms with Gasteiger partial charge in [-0.1, -0.05) is 12.1 Å². The van der Waals surface area contributed by atoms with Crippen molar-refractivity contribution in [2.75, 3.05) is 12.0 Å². The molecule has 1 N–H and O–H groups in total. The molecule has 1 heterocycles. The van der Waals surface area contributed by atoms with E-state index in [1.807, 2.05) is 0 Å². The number of anilines is 1. The molecule has 27 heavy (non-hydrogen) atoms. The van der Waals surface area contributed by atoms with E-state index in [0.717, 1.165) is 0 Å². The molecule has 0 aromatic heterocycles. The van der Waals surface area contributed by atoms with Crippen molar-refractivity contribution in [3.05, 3.63) is 64.5 Å². The van der Waals surface area contributed by atoms with E-state index in [4.69, 9.17) is 4.74 Å². The Balaban J connectivity index is 2.11. The smallest absolute Gasteiger partial charge is 0.333 e. The Morgan fingerprint density at radius 1 is 1.30 bits per heavy atom. The Morgan fingerprint density at radius 2 is 2.04 bits per heavy atom. The third-order valence-electron chi connectivity index (χ3n) is 4.46. The summed E-state index contributed by atoms with van der Waals surface area (Å²) in [5, 5.41) is 9.51. The van der Waals surface area contributed by atoms with Gasteiger partial charge in [0, 0.05) is 10.0 Å². The van der Waals surface area contributed by atoms with Gasteiger partial charge in [-0.25, -0.2) is 9.18 Å². The lowest BCUT2D eigenvalue weighted by atomic mass is 10.1. The number of hydrogen-bond donors (Lipinski definition) is 1. The molecular formula is C20H17BrFNO4. The molecule has 1 aliphatic rings. The lowest BCUT2D eigenvalue weighted by Gasteiger charge is -2.24. The van der Waals surface area contributed by atoms with Crippen LogP contribution in [0.4, 0.5) is 10.1 Å². The molecule has 5 nitrogen and oxygen atoms in total. The maximum atomic E-state index is 13.9. The topological polar surface area (TPSA) is 66.8 Å². The summed E-state index contributed by atoms with van der Waals surface area (Å²) in [5.41, 5.74) is 2.16. The maximum absolute atomic E-state index is 13.9. The minimum atomic E-state index is -1.17. The molecule has 0 atom stereocenters. The van der Waals surface area contributed by atoms with Crippen molar-refractivity contribution in [1.82, 2.24) is 0 Å². The van der Waals surface area contributed by atoms with Crippen LogP contribution in [0.15, 0.2) is 42.0 Å². The van der Waals surface area contributed by atoms with Crippen LogP contribution < -0.4 is 9.64 Å². The summed E-state index contributed by atoms with van der Waals surface area (Å²) in [4.78, 5) is 25.9. The first-order chi connectivity index (χ1) is 12.8. The van der Waals surface area contributed by atoms with Crippen LogP contribution in [0, 0.1) is 12.7 Å². The maximum Gasteiger partial charge on any atom is 0.333 e. The van der Waals surface area contributed by atoms with Gasteiger partial charge in [0.2, 0.25) is 5.91 Å². The van der Waals surface area contributed by atoms with Gasteiger partial charge in [-0.15, -0.1) is 0 Å². The van der Waals surface area contributed by atoms with E-state index in [-0.39, 0.29) is 30.3 Å². The Morgan fingerprint density at radius 3 is 2.67 bits per heavy atom. The fraction of sp³-hybridized carbons (Fsp3) is 0.200. The molecular weight excluding hydrogens is 417 g/mol. The lowest BCUT2D eigenvalue weighted by molar-refractivity contribution is -0.133. The number of methoxy groups -OCH3 is 1. The van der Waals surface area contributed by atoms with Gasteiger partial charge in [-0.2, -0.15) is 0 Å². The summed E-state index contributed by atoms with van der Waals surface area (Å²) in [6, 6.07) is 9.85. The molecule has 1 aliphatic heterocycles. The number of nitrogens with zero attached hydrogens (tertiary/aromatic N) is 1. The van der Waals surface area contributed by atoms with E-state index in [0.29, 0.717) is 32.6 Å². The SMILES string of the molecule is COc1ccc2c(c1)C(Br)=C(C(=O)O)CC(=O)N2Cc1ccc(C)c(F)c1. The zero-order valence-electron chi connectivity index (χ0n) is 14.8. The highest BCUT2D eigenvalue weighted by Gasteiger charge is 2.30. The van der Waals surface area contributed by atoms with Crippen LogP contribution in [0.5, 0.6) is 5.75 Å². The minimum Gasteiger partial charge on any atom is -0.497 e. The fourth-order valence-electron chi connectivity index (χ4n) is 2.93. The number of carboxylic acid groups (broad SMARTS) is 1. The monoisotopic (exact) mass is 433 g/mol. The molecule has 0 unspecified atom stereocenters. The molecule has 0 radical (unpaired) electrons. The first-order valence-electron chi connectivity index (χ1n) is 8.17. The quantitative estimate of drug-likeness (QED) is 0.781. The van der Waals surface area contributed by atoms with Gasteiger partial charge in [0.1, 0.15) is 11.6 Å².